The standard InChI is InChI=1S/C40H35NO4/c1-29-10-20-36(21-11-29)41(38-24-18-32(19-25-38)13-15-34-7-5-9-39(27-34)44-3)37-22-16-31(17-23-37)12-14-33-6-4-8-35(26-33)40(43)28-45-30(2)42/h4-27H,28H2,1-3H3/b14-12+,15-13+. The quantitative estimate of drug-likeness (QED) is 0.0867. The van der Waals surface area contributed by atoms with Crippen LogP contribution in [0.1, 0.15) is 45.1 Å². The molecule has 224 valence electrons. The van der Waals surface area contributed by atoms with Crippen molar-refractivity contribution in [3.05, 3.63) is 155 Å². The molecule has 5 nitrogen and oxygen atoms in total. The van der Waals surface area contributed by atoms with E-state index in [0.717, 1.165) is 45.1 Å². The molecule has 0 spiro atoms. The third-order valence-corrected chi connectivity index (χ3v) is 7.24. The van der Waals surface area contributed by atoms with Crippen LogP contribution >= 0.6 is 0 Å². The number of anilines is 3. The van der Waals surface area contributed by atoms with Gasteiger partial charge in [0.2, 0.25) is 0 Å². The molecule has 0 saturated carbocycles. The second-order valence-electron chi connectivity index (χ2n) is 10.6. The van der Waals surface area contributed by atoms with Crippen LogP contribution in [0.25, 0.3) is 24.3 Å². The minimum atomic E-state index is -0.474. The number of carbonyl (C=O) groups is 2. The van der Waals surface area contributed by atoms with Gasteiger partial charge in [0, 0.05) is 29.5 Å². The highest BCUT2D eigenvalue weighted by Gasteiger charge is 2.12. The first kappa shape index (κ1) is 30.8. The third-order valence-electron chi connectivity index (χ3n) is 7.24. The van der Waals surface area contributed by atoms with Crippen molar-refractivity contribution in [1.82, 2.24) is 0 Å². The zero-order valence-electron chi connectivity index (χ0n) is 25.6. The molecule has 5 rings (SSSR count). The molecule has 0 bridgehead atoms. The average molecular weight is 594 g/mol. The summed E-state index contributed by atoms with van der Waals surface area (Å²) in [6, 6.07) is 40.6. The van der Waals surface area contributed by atoms with E-state index in [1.165, 1.54) is 12.5 Å². The van der Waals surface area contributed by atoms with Gasteiger partial charge >= 0.3 is 5.97 Å². The van der Waals surface area contributed by atoms with E-state index in [2.05, 4.69) is 103 Å². The van der Waals surface area contributed by atoms with E-state index in [-0.39, 0.29) is 12.4 Å². The predicted molar refractivity (Wildman–Crippen MR) is 184 cm³/mol. The third kappa shape index (κ3) is 8.46. The number of esters is 1. The van der Waals surface area contributed by atoms with Crippen LogP contribution in [-0.4, -0.2) is 25.5 Å². The number of hydrogen-bond donors (Lipinski definition) is 0. The normalized spacial score (nSPS) is 11.1. The Morgan fingerprint density at radius 2 is 1.11 bits per heavy atom. The molecule has 0 N–H and O–H groups in total. The van der Waals surface area contributed by atoms with Crippen LogP contribution in [0.2, 0.25) is 0 Å². The Bertz CT molecular complexity index is 1820. The van der Waals surface area contributed by atoms with Gasteiger partial charge < -0.3 is 14.4 Å². The summed E-state index contributed by atoms with van der Waals surface area (Å²) in [6.07, 6.45) is 8.16. The number of hydrogen-bond acceptors (Lipinski definition) is 5. The second-order valence-corrected chi connectivity index (χ2v) is 10.6. The molecule has 0 aromatic heterocycles. The van der Waals surface area contributed by atoms with Crippen molar-refractivity contribution in [3.8, 4) is 5.75 Å². The van der Waals surface area contributed by atoms with Crippen LogP contribution in [0.15, 0.2) is 121 Å². The van der Waals surface area contributed by atoms with Gasteiger partial charge in [0.15, 0.2) is 12.4 Å². The number of nitrogens with zero attached hydrogens (tertiary/aromatic N) is 1. The van der Waals surface area contributed by atoms with Gasteiger partial charge in [0.25, 0.3) is 0 Å². The van der Waals surface area contributed by atoms with Crippen molar-refractivity contribution in [2.24, 2.45) is 0 Å². The van der Waals surface area contributed by atoms with E-state index in [4.69, 9.17) is 9.47 Å². The number of carbonyl (C=O) groups excluding carboxylic acids is 2. The monoisotopic (exact) mass is 593 g/mol. The topological polar surface area (TPSA) is 55.8 Å². The largest absolute Gasteiger partial charge is 0.497 e. The van der Waals surface area contributed by atoms with Crippen LogP contribution < -0.4 is 9.64 Å². The van der Waals surface area contributed by atoms with Crippen molar-refractivity contribution < 1.29 is 19.1 Å². The lowest BCUT2D eigenvalue weighted by atomic mass is 10.1. The number of aryl methyl sites for hydroxylation is 1. The molecule has 5 aromatic carbocycles. The van der Waals surface area contributed by atoms with Crippen LogP contribution in [0.5, 0.6) is 5.75 Å². The second kappa shape index (κ2) is 14.7. The Kier molecular flexibility index (Phi) is 10.0. The minimum Gasteiger partial charge on any atom is -0.497 e. The number of ether oxygens (including phenoxy) is 2. The summed E-state index contributed by atoms with van der Waals surface area (Å²) in [5, 5.41) is 0. The Labute approximate surface area is 264 Å². The molecule has 0 atom stereocenters. The van der Waals surface area contributed by atoms with Gasteiger partial charge in [0.1, 0.15) is 5.75 Å². The number of rotatable bonds is 11. The number of Topliss-reactive ketones (excluding diaryl/α,β-unsaturated/α-hetero) is 1. The zero-order valence-corrected chi connectivity index (χ0v) is 25.6. The first-order valence-electron chi connectivity index (χ1n) is 14.7. The fourth-order valence-corrected chi connectivity index (χ4v) is 4.81. The minimum absolute atomic E-state index is 0.234. The zero-order chi connectivity index (χ0) is 31.6. The smallest absolute Gasteiger partial charge is 0.303 e. The van der Waals surface area contributed by atoms with Crippen molar-refractivity contribution >= 4 is 53.1 Å². The Morgan fingerprint density at radius 1 is 0.622 bits per heavy atom. The van der Waals surface area contributed by atoms with E-state index in [1.807, 2.05) is 42.5 Å². The van der Waals surface area contributed by atoms with E-state index < -0.39 is 5.97 Å². The van der Waals surface area contributed by atoms with E-state index in [9.17, 15) is 9.59 Å². The average Bonchev–Trinajstić information content (AvgIpc) is 3.07. The van der Waals surface area contributed by atoms with Crippen LogP contribution in [0.3, 0.4) is 0 Å². The number of benzene rings is 5. The number of ketones is 1. The maximum absolute atomic E-state index is 12.3. The summed E-state index contributed by atoms with van der Waals surface area (Å²) in [7, 11) is 1.67. The maximum Gasteiger partial charge on any atom is 0.303 e. The molecular weight excluding hydrogens is 558 g/mol. The molecule has 0 aliphatic heterocycles. The fourth-order valence-electron chi connectivity index (χ4n) is 4.81. The molecule has 0 amide bonds. The Balaban J connectivity index is 1.35. The van der Waals surface area contributed by atoms with Crippen LogP contribution in [0.4, 0.5) is 17.1 Å². The van der Waals surface area contributed by atoms with Crippen molar-refractivity contribution in [2.75, 3.05) is 18.6 Å². The molecular formula is C40H35NO4. The van der Waals surface area contributed by atoms with Gasteiger partial charge in [-0.2, -0.15) is 0 Å². The molecule has 0 saturated heterocycles. The van der Waals surface area contributed by atoms with Gasteiger partial charge in [-0.3, -0.25) is 9.59 Å². The van der Waals surface area contributed by atoms with Crippen molar-refractivity contribution in [3.63, 3.8) is 0 Å². The highest BCUT2D eigenvalue weighted by atomic mass is 16.5. The molecule has 45 heavy (non-hydrogen) atoms. The van der Waals surface area contributed by atoms with E-state index in [1.54, 1.807) is 19.2 Å². The van der Waals surface area contributed by atoms with Gasteiger partial charge in [0.05, 0.1) is 7.11 Å². The van der Waals surface area contributed by atoms with Crippen LogP contribution in [-0.2, 0) is 9.53 Å². The lowest BCUT2D eigenvalue weighted by molar-refractivity contribution is -0.139. The SMILES string of the molecule is COc1cccc(/C=C/c2ccc(N(c3ccc(C)cc3)c3ccc(/C=C/c4cccc(C(=O)COC(C)=O)c4)cc3)cc2)c1. The molecule has 0 fully saturated rings. The Hall–Kier alpha value is -5.68. The number of methoxy groups -OCH3 is 1. The molecule has 0 radical (unpaired) electrons. The molecule has 5 aromatic rings. The highest BCUT2D eigenvalue weighted by Crippen LogP contribution is 2.35. The molecule has 0 unspecified atom stereocenters. The molecule has 0 aliphatic carbocycles. The van der Waals surface area contributed by atoms with Gasteiger partial charge in [-0.25, -0.2) is 0 Å². The predicted octanol–water partition coefficient (Wildman–Crippen LogP) is 9.56. The molecule has 5 heteroatoms. The van der Waals surface area contributed by atoms with E-state index >= 15 is 0 Å². The van der Waals surface area contributed by atoms with Crippen LogP contribution in [0, 0.1) is 6.92 Å². The fraction of sp³-hybridized carbons (Fsp3) is 0.100. The summed E-state index contributed by atoms with van der Waals surface area (Å²) >= 11 is 0. The lowest BCUT2D eigenvalue weighted by Crippen LogP contribution is -2.11. The summed E-state index contributed by atoms with van der Waals surface area (Å²) < 4.78 is 10.2. The summed E-state index contributed by atoms with van der Waals surface area (Å²) in [4.78, 5) is 25.6. The van der Waals surface area contributed by atoms with Crippen molar-refractivity contribution in [2.45, 2.75) is 13.8 Å². The summed E-state index contributed by atoms with van der Waals surface area (Å²) in [6.45, 7) is 3.12. The lowest BCUT2D eigenvalue weighted by Gasteiger charge is -2.26. The molecule has 0 heterocycles. The highest BCUT2D eigenvalue weighted by molar-refractivity contribution is 5.98. The first-order chi connectivity index (χ1) is 21.9. The Morgan fingerprint density at radius 3 is 1.64 bits per heavy atom. The van der Waals surface area contributed by atoms with Crippen molar-refractivity contribution in [1.29, 1.82) is 0 Å². The first-order valence-corrected chi connectivity index (χ1v) is 14.7. The maximum atomic E-state index is 12.3. The summed E-state index contributed by atoms with van der Waals surface area (Å²) in [5.74, 6) is 0.127. The van der Waals surface area contributed by atoms with Gasteiger partial charge in [-0.1, -0.05) is 96.6 Å². The molecule has 0 aliphatic rings. The van der Waals surface area contributed by atoms with Gasteiger partial charge in [-0.05, 0) is 83.8 Å². The van der Waals surface area contributed by atoms with E-state index in [0.29, 0.717) is 5.56 Å². The summed E-state index contributed by atoms with van der Waals surface area (Å²) in [5.41, 5.74) is 8.95. The van der Waals surface area contributed by atoms with Gasteiger partial charge in [-0.15, -0.1) is 0 Å².